The molecule has 2 aliphatic carbocycles. The first-order chi connectivity index (χ1) is 7.53. The summed E-state index contributed by atoms with van der Waals surface area (Å²) in [5.41, 5.74) is 0. The Bertz CT molecular complexity index is 396. The van der Waals surface area contributed by atoms with Crippen molar-refractivity contribution in [2.24, 2.45) is 11.8 Å². The molecule has 0 N–H and O–H groups in total. The van der Waals surface area contributed by atoms with E-state index < -0.39 is 10.1 Å². The lowest BCUT2D eigenvalue weighted by atomic mass is 9.94. The summed E-state index contributed by atoms with van der Waals surface area (Å²) in [5.74, 6) is 0.585. The monoisotopic (exact) mass is 358 g/mol. The largest absolute Gasteiger partial charge is 0.362 e. The van der Waals surface area contributed by atoms with E-state index in [1.807, 2.05) is 0 Å². The van der Waals surface area contributed by atoms with Crippen LogP contribution in [0.15, 0.2) is 0 Å². The summed E-state index contributed by atoms with van der Waals surface area (Å²) in [4.78, 5) is 0. The maximum absolute atomic E-state index is 11.7. The van der Waals surface area contributed by atoms with Gasteiger partial charge in [0.2, 0.25) is 0 Å². The predicted molar refractivity (Wildman–Crippen MR) is 66.8 cm³/mol. The van der Waals surface area contributed by atoms with E-state index in [0.717, 1.165) is 19.3 Å². The molecule has 6 unspecified atom stereocenters. The summed E-state index contributed by atoms with van der Waals surface area (Å²) in [6, 6.07) is 0. The van der Waals surface area contributed by atoms with E-state index in [-0.39, 0.29) is 27.5 Å². The van der Waals surface area contributed by atoms with Gasteiger partial charge in [0.05, 0.1) is 11.4 Å². The normalized spacial score (nSPS) is 49.8. The van der Waals surface area contributed by atoms with Crippen molar-refractivity contribution in [3.8, 4) is 0 Å². The van der Waals surface area contributed by atoms with Gasteiger partial charge in [0.15, 0.2) is 0 Å². The number of alkyl halides is 1. The average Bonchev–Trinajstić information content (AvgIpc) is 2.81. The van der Waals surface area contributed by atoms with Crippen molar-refractivity contribution >= 4 is 32.7 Å². The SMILES string of the molecule is CCC(I)OC1C2CC3C1OS(=O)(=O)C3C2. The van der Waals surface area contributed by atoms with Gasteiger partial charge in [-0.3, -0.25) is 4.18 Å². The van der Waals surface area contributed by atoms with E-state index in [0.29, 0.717) is 5.92 Å². The van der Waals surface area contributed by atoms with Crippen LogP contribution in [0.5, 0.6) is 0 Å². The smallest absolute Gasteiger partial charge is 0.270 e. The summed E-state index contributed by atoms with van der Waals surface area (Å²) in [6.45, 7) is 2.07. The van der Waals surface area contributed by atoms with Gasteiger partial charge in [0, 0.05) is 5.92 Å². The van der Waals surface area contributed by atoms with E-state index in [1.54, 1.807) is 0 Å². The van der Waals surface area contributed by atoms with Crippen molar-refractivity contribution in [1.82, 2.24) is 0 Å². The number of rotatable bonds is 3. The lowest BCUT2D eigenvalue weighted by Gasteiger charge is -2.27. The molecule has 0 aromatic rings. The first-order valence-electron chi connectivity index (χ1n) is 5.74. The zero-order valence-corrected chi connectivity index (χ0v) is 12.0. The van der Waals surface area contributed by atoms with E-state index in [4.69, 9.17) is 8.92 Å². The molecule has 0 amide bonds. The summed E-state index contributed by atoms with van der Waals surface area (Å²) in [5, 5.41) is -0.239. The highest BCUT2D eigenvalue weighted by Crippen LogP contribution is 2.55. The molecule has 3 fully saturated rings. The first-order valence-corrected chi connectivity index (χ1v) is 8.46. The number of halogens is 1. The number of ether oxygens (including phenoxy) is 1. The zero-order chi connectivity index (χ0) is 11.5. The third kappa shape index (κ3) is 1.56. The number of fused-ring (bicyclic) bond motifs is 1. The van der Waals surface area contributed by atoms with Crippen LogP contribution < -0.4 is 0 Å². The summed E-state index contributed by atoms with van der Waals surface area (Å²) in [6.07, 6.45) is 2.45. The second-order valence-electron chi connectivity index (χ2n) is 4.91. The fraction of sp³-hybridized carbons (Fsp3) is 1.00. The summed E-state index contributed by atoms with van der Waals surface area (Å²) < 4.78 is 34.7. The Morgan fingerprint density at radius 3 is 2.94 bits per heavy atom. The highest BCUT2D eigenvalue weighted by atomic mass is 127. The Hall–Kier alpha value is 0.600. The third-order valence-electron chi connectivity index (χ3n) is 4.04. The van der Waals surface area contributed by atoms with Crippen LogP contribution in [0.1, 0.15) is 26.2 Å². The highest BCUT2D eigenvalue weighted by molar-refractivity contribution is 14.1. The fourth-order valence-corrected chi connectivity index (χ4v) is 5.56. The molecule has 6 heteroatoms. The molecule has 1 heterocycles. The Labute approximate surface area is 109 Å². The molecule has 0 spiro atoms. The molecule has 0 aromatic carbocycles. The molecule has 4 nitrogen and oxygen atoms in total. The average molecular weight is 358 g/mol. The minimum absolute atomic E-state index is 0.000347. The molecule has 2 bridgehead atoms. The van der Waals surface area contributed by atoms with Crippen LogP contribution in [0.4, 0.5) is 0 Å². The minimum atomic E-state index is -3.29. The van der Waals surface area contributed by atoms with Gasteiger partial charge in [-0.15, -0.1) is 0 Å². The molecule has 2 saturated carbocycles. The van der Waals surface area contributed by atoms with Gasteiger partial charge in [-0.1, -0.05) is 29.5 Å². The van der Waals surface area contributed by atoms with Crippen LogP contribution in [-0.2, 0) is 19.0 Å². The molecular weight excluding hydrogens is 343 g/mol. The first kappa shape index (κ1) is 11.7. The van der Waals surface area contributed by atoms with Crippen molar-refractivity contribution in [3.63, 3.8) is 0 Å². The molecular formula is C10H15IO4S. The van der Waals surface area contributed by atoms with Crippen LogP contribution in [0, 0.1) is 11.8 Å². The van der Waals surface area contributed by atoms with Crippen molar-refractivity contribution in [1.29, 1.82) is 0 Å². The lowest BCUT2D eigenvalue weighted by molar-refractivity contribution is -0.0442. The Morgan fingerprint density at radius 2 is 2.25 bits per heavy atom. The standard InChI is InChI=1S/C10H15IO4S/c1-2-8(11)14-9-5-3-6-7(4-5)16(12,13)15-10(6)9/h5-10H,2-4H2,1H3. The van der Waals surface area contributed by atoms with Crippen LogP contribution in [0.2, 0.25) is 0 Å². The second-order valence-corrected chi connectivity index (χ2v) is 8.08. The molecule has 92 valence electrons. The predicted octanol–water partition coefficient (Wildman–Crippen LogP) is 1.68. The van der Waals surface area contributed by atoms with Gasteiger partial charge in [0.1, 0.15) is 10.2 Å². The Balaban J connectivity index is 1.81. The van der Waals surface area contributed by atoms with Crippen LogP contribution in [0.3, 0.4) is 0 Å². The zero-order valence-electron chi connectivity index (χ0n) is 9.00. The van der Waals surface area contributed by atoms with E-state index in [2.05, 4.69) is 29.5 Å². The molecule has 3 aliphatic rings. The van der Waals surface area contributed by atoms with Crippen LogP contribution in [-0.4, -0.2) is 30.0 Å². The quantitative estimate of drug-likeness (QED) is 0.438. The maximum Gasteiger partial charge on any atom is 0.270 e. The van der Waals surface area contributed by atoms with E-state index in [1.165, 1.54) is 0 Å². The van der Waals surface area contributed by atoms with Crippen molar-refractivity contribution in [3.05, 3.63) is 0 Å². The Kier molecular flexibility index (Phi) is 2.77. The van der Waals surface area contributed by atoms with Crippen molar-refractivity contribution < 1.29 is 17.3 Å². The number of hydrogen-bond donors (Lipinski definition) is 0. The third-order valence-corrected chi connectivity index (χ3v) is 6.99. The second kappa shape index (κ2) is 3.80. The summed E-state index contributed by atoms with van der Waals surface area (Å²) >= 11 is 2.26. The van der Waals surface area contributed by atoms with Gasteiger partial charge < -0.3 is 4.74 Å². The van der Waals surface area contributed by atoms with Crippen molar-refractivity contribution in [2.45, 2.75) is 47.8 Å². The summed E-state index contributed by atoms with van der Waals surface area (Å²) in [7, 11) is -3.29. The Morgan fingerprint density at radius 1 is 1.50 bits per heavy atom. The highest BCUT2D eigenvalue weighted by Gasteiger charge is 2.64. The van der Waals surface area contributed by atoms with Crippen LogP contribution in [0.25, 0.3) is 0 Å². The van der Waals surface area contributed by atoms with Gasteiger partial charge in [-0.05, 0) is 25.2 Å². The van der Waals surface area contributed by atoms with Crippen LogP contribution >= 0.6 is 22.6 Å². The van der Waals surface area contributed by atoms with Gasteiger partial charge in [-0.2, -0.15) is 8.42 Å². The van der Waals surface area contributed by atoms with E-state index >= 15 is 0 Å². The van der Waals surface area contributed by atoms with Gasteiger partial charge in [-0.25, -0.2) is 0 Å². The molecule has 0 radical (unpaired) electrons. The molecule has 0 aromatic heterocycles. The van der Waals surface area contributed by atoms with Gasteiger partial charge >= 0.3 is 0 Å². The minimum Gasteiger partial charge on any atom is -0.362 e. The topological polar surface area (TPSA) is 52.6 Å². The molecule has 16 heavy (non-hydrogen) atoms. The fourth-order valence-electron chi connectivity index (χ4n) is 3.34. The van der Waals surface area contributed by atoms with Crippen molar-refractivity contribution in [2.75, 3.05) is 0 Å². The molecule has 1 saturated heterocycles. The number of hydrogen-bond acceptors (Lipinski definition) is 4. The van der Waals surface area contributed by atoms with Gasteiger partial charge in [0.25, 0.3) is 10.1 Å². The lowest BCUT2D eigenvalue weighted by Crippen LogP contribution is -2.37. The maximum atomic E-state index is 11.7. The molecule has 3 rings (SSSR count). The molecule has 1 aliphatic heterocycles. The van der Waals surface area contributed by atoms with E-state index in [9.17, 15) is 8.42 Å². The molecule has 6 atom stereocenters.